The first kappa shape index (κ1) is 32.6. The highest BCUT2D eigenvalue weighted by atomic mass is 32.2. The van der Waals surface area contributed by atoms with Crippen molar-refractivity contribution in [3.05, 3.63) is 108 Å². The van der Waals surface area contributed by atoms with E-state index in [9.17, 15) is 27.9 Å². The first-order valence-electron chi connectivity index (χ1n) is 13.5. The van der Waals surface area contributed by atoms with Gasteiger partial charge in [0.05, 0.1) is 5.75 Å². The number of ether oxygens (including phenoxy) is 1. The highest BCUT2D eigenvalue weighted by Crippen LogP contribution is 2.21. The summed E-state index contributed by atoms with van der Waals surface area (Å²) >= 11 is 0. The van der Waals surface area contributed by atoms with Crippen LogP contribution >= 0.6 is 0 Å². The van der Waals surface area contributed by atoms with Crippen LogP contribution in [0.5, 0.6) is 0 Å². The number of rotatable bonds is 15. The third kappa shape index (κ3) is 10.5. The van der Waals surface area contributed by atoms with Crippen molar-refractivity contribution in [3.8, 4) is 0 Å². The summed E-state index contributed by atoms with van der Waals surface area (Å²) in [6.07, 6.45) is -1.31. The van der Waals surface area contributed by atoms with Gasteiger partial charge in [-0.3, -0.25) is 9.79 Å². The number of carbonyl (C=O) groups is 3. The minimum Gasteiger partial charge on any atom is -0.480 e. The number of carboxylic acid groups (broad SMARTS) is 1. The molecule has 3 aromatic rings. The Morgan fingerprint density at radius 3 is 1.93 bits per heavy atom. The predicted octanol–water partition coefficient (Wildman–Crippen LogP) is 2.39. The first-order chi connectivity index (χ1) is 20.6. The molecule has 0 radical (unpaired) electrons. The number of guanidine groups is 1. The van der Waals surface area contributed by atoms with Crippen molar-refractivity contribution >= 4 is 34.0 Å². The molecule has 0 aliphatic heterocycles. The van der Waals surface area contributed by atoms with Crippen LogP contribution < -0.4 is 16.8 Å². The van der Waals surface area contributed by atoms with Crippen molar-refractivity contribution < 1.29 is 32.6 Å². The molecule has 12 nitrogen and oxygen atoms in total. The van der Waals surface area contributed by atoms with Crippen LogP contribution in [-0.2, 0) is 43.1 Å². The van der Waals surface area contributed by atoms with E-state index in [1.54, 1.807) is 91.0 Å². The van der Waals surface area contributed by atoms with Gasteiger partial charge in [0.2, 0.25) is 10.0 Å². The van der Waals surface area contributed by atoms with Crippen LogP contribution in [0.15, 0.2) is 96.0 Å². The van der Waals surface area contributed by atoms with Crippen LogP contribution in [0.4, 0.5) is 4.79 Å². The fourth-order valence-corrected chi connectivity index (χ4v) is 6.02. The topological polar surface area (TPSA) is 194 Å². The van der Waals surface area contributed by atoms with Gasteiger partial charge in [0, 0.05) is 13.0 Å². The lowest BCUT2D eigenvalue weighted by molar-refractivity contribution is -0.147. The van der Waals surface area contributed by atoms with Crippen LogP contribution in [0, 0.1) is 0 Å². The number of hydrogen-bond acceptors (Lipinski definition) is 7. The number of nitrogens with zero attached hydrogens (tertiary/aromatic N) is 2. The molecule has 3 aromatic carbocycles. The minimum absolute atomic E-state index is 0.0182. The summed E-state index contributed by atoms with van der Waals surface area (Å²) in [6, 6.07) is 22.2. The highest BCUT2D eigenvalue weighted by Gasteiger charge is 2.42. The lowest BCUT2D eigenvalue weighted by atomic mass is 10.0. The maximum atomic E-state index is 14.1. The van der Waals surface area contributed by atoms with E-state index in [1.165, 1.54) is 0 Å². The Kier molecular flexibility index (Phi) is 12.1. The van der Waals surface area contributed by atoms with Crippen molar-refractivity contribution in [3.63, 3.8) is 0 Å². The molecule has 6 N–H and O–H groups in total. The van der Waals surface area contributed by atoms with Gasteiger partial charge in [0.1, 0.15) is 18.7 Å². The molecular weight excluding hydrogens is 574 g/mol. The van der Waals surface area contributed by atoms with Crippen molar-refractivity contribution in [2.75, 3.05) is 6.54 Å². The average Bonchev–Trinajstić information content (AvgIpc) is 2.98. The molecule has 0 fully saturated rings. The van der Waals surface area contributed by atoms with Gasteiger partial charge < -0.3 is 26.6 Å². The molecule has 0 bridgehead atoms. The molecular formula is C30H35N5O7S. The summed E-state index contributed by atoms with van der Waals surface area (Å²) in [5.41, 5.74) is 12.3. The monoisotopic (exact) mass is 609 g/mol. The molecule has 0 spiro atoms. The SMILES string of the molecule is NC(N)=NCCC[C@@H](C(=O)O)N(C(=O)[C@H](Cc1ccccc1)NC(=O)OCc1ccccc1)S(=O)(=O)Cc1ccccc1. The maximum Gasteiger partial charge on any atom is 0.408 e. The molecule has 2 atom stereocenters. The molecule has 0 unspecified atom stereocenters. The van der Waals surface area contributed by atoms with Gasteiger partial charge in [-0.1, -0.05) is 91.0 Å². The predicted molar refractivity (Wildman–Crippen MR) is 161 cm³/mol. The molecule has 13 heteroatoms. The van der Waals surface area contributed by atoms with Crippen LogP contribution in [-0.4, -0.2) is 60.4 Å². The molecule has 0 aliphatic carbocycles. The Bertz CT molecular complexity index is 1480. The highest BCUT2D eigenvalue weighted by molar-refractivity contribution is 7.88. The van der Waals surface area contributed by atoms with Gasteiger partial charge in [-0.2, -0.15) is 0 Å². The minimum atomic E-state index is -4.58. The number of alkyl carbamates (subject to hydrolysis) is 1. The van der Waals surface area contributed by atoms with Gasteiger partial charge in [-0.25, -0.2) is 22.3 Å². The van der Waals surface area contributed by atoms with E-state index in [-0.39, 0.29) is 38.4 Å². The second kappa shape index (κ2) is 15.9. The van der Waals surface area contributed by atoms with Gasteiger partial charge >= 0.3 is 12.1 Å². The van der Waals surface area contributed by atoms with Crippen molar-refractivity contribution in [1.29, 1.82) is 0 Å². The maximum absolute atomic E-state index is 14.1. The van der Waals surface area contributed by atoms with E-state index < -0.39 is 45.8 Å². The molecule has 2 amide bonds. The van der Waals surface area contributed by atoms with E-state index >= 15 is 0 Å². The van der Waals surface area contributed by atoms with E-state index in [0.717, 1.165) is 0 Å². The Morgan fingerprint density at radius 2 is 1.40 bits per heavy atom. The Hall–Kier alpha value is -4.91. The van der Waals surface area contributed by atoms with Crippen LogP contribution in [0.3, 0.4) is 0 Å². The molecule has 0 saturated carbocycles. The number of aliphatic carboxylic acids is 1. The summed E-state index contributed by atoms with van der Waals surface area (Å²) in [5, 5.41) is 12.6. The van der Waals surface area contributed by atoms with E-state index in [1.807, 2.05) is 0 Å². The second-order valence-electron chi connectivity index (χ2n) is 9.63. The van der Waals surface area contributed by atoms with Crippen LogP contribution in [0.1, 0.15) is 29.5 Å². The average molecular weight is 610 g/mol. The zero-order valence-electron chi connectivity index (χ0n) is 23.4. The fraction of sp³-hybridized carbons (Fsp3) is 0.267. The molecule has 0 saturated heterocycles. The number of carbonyl (C=O) groups excluding carboxylic acids is 2. The number of amides is 2. The van der Waals surface area contributed by atoms with Crippen molar-refractivity contribution in [2.45, 2.75) is 43.7 Å². The standard InChI is InChI=1S/C30H35N5O7S/c31-29(32)33-18-10-17-26(28(37)38)35(43(40,41)21-24-15-8-3-9-16-24)27(36)25(19-22-11-4-1-5-12-22)34-30(39)42-20-23-13-6-2-7-14-23/h1-9,11-16,25-26H,10,17-21H2,(H,34,39)(H,37,38)(H4,31,32,33)/t25-,26-/m0/s1. The van der Waals surface area contributed by atoms with Crippen molar-refractivity contribution in [1.82, 2.24) is 9.62 Å². The Balaban J connectivity index is 1.97. The van der Waals surface area contributed by atoms with E-state index in [0.29, 0.717) is 21.0 Å². The molecule has 43 heavy (non-hydrogen) atoms. The number of sulfonamides is 1. The summed E-state index contributed by atoms with van der Waals surface area (Å²) in [4.78, 5) is 43.3. The Morgan fingerprint density at radius 1 is 0.860 bits per heavy atom. The largest absolute Gasteiger partial charge is 0.480 e. The zero-order chi connectivity index (χ0) is 31.2. The zero-order valence-corrected chi connectivity index (χ0v) is 24.2. The third-order valence-electron chi connectivity index (χ3n) is 6.29. The van der Waals surface area contributed by atoms with E-state index in [4.69, 9.17) is 16.2 Å². The number of hydrogen-bond donors (Lipinski definition) is 4. The number of benzene rings is 3. The smallest absolute Gasteiger partial charge is 0.408 e. The first-order valence-corrected chi connectivity index (χ1v) is 15.1. The normalized spacial score (nSPS) is 12.4. The quantitative estimate of drug-likeness (QED) is 0.114. The van der Waals surface area contributed by atoms with Crippen LogP contribution in [0.25, 0.3) is 0 Å². The number of aliphatic imine (C=N–C) groups is 1. The number of nitrogens with one attached hydrogen (secondary N) is 1. The lowest BCUT2D eigenvalue weighted by Gasteiger charge is -2.31. The summed E-state index contributed by atoms with van der Waals surface area (Å²) in [5.74, 6) is -3.52. The van der Waals surface area contributed by atoms with Gasteiger partial charge in [0.25, 0.3) is 5.91 Å². The third-order valence-corrected chi connectivity index (χ3v) is 8.02. The van der Waals surface area contributed by atoms with Gasteiger partial charge in [-0.15, -0.1) is 0 Å². The lowest BCUT2D eigenvalue weighted by Crippen LogP contribution is -2.57. The summed E-state index contributed by atoms with van der Waals surface area (Å²) < 4.78 is 33.3. The molecule has 3 rings (SSSR count). The molecule has 0 aromatic heterocycles. The molecule has 228 valence electrons. The van der Waals surface area contributed by atoms with Gasteiger partial charge in [-0.05, 0) is 29.5 Å². The molecule has 0 aliphatic rings. The summed E-state index contributed by atoms with van der Waals surface area (Å²) in [6.45, 7) is -0.0815. The molecule has 0 heterocycles. The fourth-order valence-electron chi connectivity index (χ4n) is 4.28. The Labute approximate surface area is 250 Å². The van der Waals surface area contributed by atoms with Crippen molar-refractivity contribution in [2.24, 2.45) is 16.5 Å². The van der Waals surface area contributed by atoms with E-state index in [2.05, 4.69) is 10.3 Å². The summed E-state index contributed by atoms with van der Waals surface area (Å²) in [7, 11) is -4.58. The number of carboxylic acids is 1. The van der Waals surface area contributed by atoms with Crippen LogP contribution in [0.2, 0.25) is 0 Å². The van der Waals surface area contributed by atoms with Gasteiger partial charge in [0.15, 0.2) is 5.96 Å². The second-order valence-corrected chi connectivity index (χ2v) is 11.5. The number of nitrogens with two attached hydrogens (primary N) is 2.